The third-order valence-electron chi connectivity index (χ3n) is 7.31. The summed E-state index contributed by atoms with van der Waals surface area (Å²) in [5, 5.41) is 7.18. The van der Waals surface area contributed by atoms with Crippen LogP contribution in [0.3, 0.4) is 0 Å². The van der Waals surface area contributed by atoms with Crippen LogP contribution in [0.4, 0.5) is 10.9 Å². The van der Waals surface area contributed by atoms with Crippen LogP contribution < -0.4 is 10.2 Å². The monoisotopic (exact) mass is 596 g/mol. The maximum atomic E-state index is 13.4. The highest BCUT2D eigenvalue weighted by Crippen LogP contribution is 2.33. The summed E-state index contributed by atoms with van der Waals surface area (Å²) >= 11 is 1.42. The molecule has 1 atom stereocenters. The molecule has 3 aromatic rings. The molecule has 41 heavy (non-hydrogen) atoms. The van der Waals surface area contributed by atoms with Crippen molar-refractivity contribution < 1.29 is 22.8 Å². The molecule has 0 spiro atoms. The lowest BCUT2D eigenvalue weighted by molar-refractivity contribution is -0.110. The molecule has 6 rings (SSSR count). The van der Waals surface area contributed by atoms with Crippen LogP contribution >= 0.6 is 11.3 Å². The van der Waals surface area contributed by atoms with Crippen LogP contribution in [-0.4, -0.2) is 85.7 Å². The molecule has 1 N–H and O–H groups in total. The lowest BCUT2D eigenvalue weighted by Gasteiger charge is -2.35. The molecule has 0 radical (unpaired) electrons. The van der Waals surface area contributed by atoms with Crippen LogP contribution in [0.2, 0.25) is 0 Å². The number of nitrogens with zero attached hydrogens (tertiary/aromatic N) is 5. The van der Waals surface area contributed by atoms with Crippen LogP contribution in [0.5, 0.6) is 0 Å². The zero-order valence-corrected chi connectivity index (χ0v) is 24.1. The second-order valence-electron chi connectivity index (χ2n) is 10.3. The number of ether oxygens (including phenoxy) is 1. The summed E-state index contributed by atoms with van der Waals surface area (Å²) in [4.78, 5) is 33.8. The molecule has 4 heterocycles. The number of benzene rings is 1. The van der Waals surface area contributed by atoms with Gasteiger partial charge in [0.15, 0.2) is 26.8 Å². The van der Waals surface area contributed by atoms with Crippen molar-refractivity contribution in [3.8, 4) is 0 Å². The highest BCUT2D eigenvalue weighted by Gasteiger charge is 2.37. The SMILES string of the molecule is O=C(Nc1ncc(CN2CCN(c3ccccn3)CC2)s1)/C(=N/O[C@@H]1CCOC1)c1ccc(S(=O)(=O)C2CC2)cc1. The van der Waals surface area contributed by atoms with Crippen molar-refractivity contribution in [2.75, 3.05) is 49.6 Å². The molecule has 1 saturated carbocycles. The first-order valence-corrected chi connectivity index (χ1v) is 16.1. The molecule has 3 aliphatic rings. The second kappa shape index (κ2) is 12.2. The first kappa shape index (κ1) is 27.8. The molecule has 2 saturated heterocycles. The number of piperazine rings is 1. The van der Waals surface area contributed by atoms with Crippen LogP contribution in [0.15, 0.2) is 64.9 Å². The third kappa shape index (κ3) is 6.75. The van der Waals surface area contributed by atoms with Crippen molar-refractivity contribution in [2.24, 2.45) is 5.16 Å². The van der Waals surface area contributed by atoms with E-state index in [1.54, 1.807) is 18.3 Å². The van der Waals surface area contributed by atoms with E-state index in [-0.39, 0.29) is 22.0 Å². The maximum Gasteiger partial charge on any atom is 0.280 e. The average molecular weight is 597 g/mol. The molecular formula is C28H32N6O5S2. The molecule has 216 valence electrons. The molecule has 2 aliphatic heterocycles. The molecule has 3 fully saturated rings. The van der Waals surface area contributed by atoms with E-state index in [1.807, 2.05) is 24.4 Å². The lowest BCUT2D eigenvalue weighted by atomic mass is 10.1. The summed E-state index contributed by atoms with van der Waals surface area (Å²) in [5.41, 5.74) is 0.508. The molecule has 1 amide bonds. The van der Waals surface area contributed by atoms with E-state index in [0.717, 1.165) is 43.4 Å². The molecule has 2 aromatic heterocycles. The minimum absolute atomic E-state index is 0.0506. The van der Waals surface area contributed by atoms with Gasteiger partial charge in [-0.1, -0.05) is 23.4 Å². The van der Waals surface area contributed by atoms with E-state index in [0.29, 0.717) is 43.2 Å². The fourth-order valence-electron chi connectivity index (χ4n) is 4.81. The molecule has 0 bridgehead atoms. The summed E-state index contributed by atoms with van der Waals surface area (Å²) in [5.74, 6) is 0.516. The van der Waals surface area contributed by atoms with Gasteiger partial charge in [0.2, 0.25) is 0 Å². The van der Waals surface area contributed by atoms with Gasteiger partial charge in [0.1, 0.15) is 5.82 Å². The van der Waals surface area contributed by atoms with Gasteiger partial charge in [0.05, 0.1) is 23.4 Å². The van der Waals surface area contributed by atoms with Gasteiger partial charge in [-0.05, 0) is 37.1 Å². The Morgan fingerprint density at radius 1 is 1.07 bits per heavy atom. The normalized spacial score (nSPS) is 20.2. The number of nitrogens with one attached hydrogen (secondary N) is 1. The Morgan fingerprint density at radius 3 is 2.56 bits per heavy atom. The van der Waals surface area contributed by atoms with Crippen LogP contribution in [-0.2, 0) is 30.8 Å². The first-order valence-electron chi connectivity index (χ1n) is 13.8. The van der Waals surface area contributed by atoms with Crippen molar-refractivity contribution in [1.82, 2.24) is 14.9 Å². The smallest absolute Gasteiger partial charge is 0.280 e. The van der Waals surface area contributed by atoms with Crippen molar-refractivity contribution in [2.45, 2.75) is 42.1 Å². The van der Waals surface area contributed by atoms with Crippen LogP contribution in [0.1, 0.15) is 29.7 Å². The number of pyridine rings is 1. The number of oxime groups is 1. The number of hydrogen-bond acceptors (Lipinski definition) is 11. The Kier molecular flexibility index (Phi) is 8.28. The Morgan fingerprint density at radius 2 is 1.88 bits per heavy atom. The number of carbonyl (C=O) groups is 1. The fourth-order valence-corrected chi connectivity index (χ4v) is 7.32. The van der Waals surface area contributed by atoms with Crippen molar-refractivity contribution in [3.05, 3.63) is 65.3 Å². The first-order chi connectivity index (χ1) is 20.0. The molecule has 11 nitrogen and oxygen atoms in total. The Bertz CT molecular complexity index is 1480. The average Bonchev–Trinajstić information content (AvgIpc) is 3.58. The number of anilines is 2. The number of carbonyl (C=O) groups excluding carboxylic acids is 1. The standard InChI is InChI=1S/C28H32N6O5S2/c35-27(31-28-30-17-22(40-28)18-33-12-14-34(15-13-33)25-3-1-2-11-29-25)26(32-39-21-10-16-38-19-21)20-4-6-23(7-5-20)41(36,37)24-8-9-24/h1-7,11,17,21,24H,8-10,12-16,18-19H2,(H,30,31,35)/b32-26+/t21-/m1/s1. The Hall–Kier alpha value is -3.39. The number of sulfone groups is 1. The van der Waals surface area contributed by atoms with E-state index in [4.69, 9.17) is 9.57 Å². The minimum atomic E-state index is -3.34. The van der Waals surface area contributed by atoms with Crippen LogP contribution in [0.25, 0.3) is 0 Å². The molecule has 13 heteroatoms. The van der Waals surface area contributed by atoms with Gasteiger partial charge in [0, 0.05) is 62.0 Å². The predicted octanol–water partition coefficient (Wildman–Crippen LogP) is 2.94. The number of aromatic nitrogens is 2. The summed E-state index contributed by atoms with van der Waals surface area (Å²) in [6, 6.07) is 12.2. The van der Waals surface area contributed by atoms with Gasteiger partial charge in [-0.15, -0.1) is 11.3 Å². The highest BCUT2D eigenvalue weighted by molar-refractivity contribution is 7.92. The van der Waals surface area contributed by atoms with Gasteiger partial charge in [-0.3, -0.25) is 15.0 Å². The van der Waals surface area contributed by atoms with Gasteiger partial charge < -0.3 is 14.5 Å². The van der Waals surface area contributed by atoms with E-state index in [1.165, 1.54) is 23.5 Å². The zero-order valence-electron chi connectivity index (χ0n) is 22.5. The summed E-state index contributed by atoms with van der Waals surface area (Å²) < 4.78 is 30.6. The highest BCUT2D eigenvalue weighted by atomic mass is 32.2. The van der Waals surface area contributed by atoms with Crippen LogP contribution in [0, 0.1) is 0 Å². The molecule has 1 aliphatic carbocycles. The Labute approximate surface area is 243 Å². The van der Waals surface area contributed by atoms with Crippen molar-refractivity contribution in [3.63, 3.8) is 0 Å². The van der Waals surface area contributed by atoms with E-state index in [9.17, 15) is 13.2 Å². The van der Waals surface area contributed by atoms with E-state index in [2.05, 4.69) is 30.2 Å². The van der Waals surface area contributed by atoms with Gasteiger partial charge in [0.25, 0.3) is 5.91 Å². The van der Waals surface area contributed by atoms with E-state index < -0.39 is 15.7 Å². The summed E-state index contributed by atoms with van der Waals surface area (Å²) in [6.07, 6.45) is 5.42. The zero-order chi connectivity index (χ0) is 28.2. The number of rotatable bonds is 10. The van der Waals surface area contributed by atoms with E-state index >= 15 is 0 Å². The Balaban J connectivity index is 1.10. The van der Waals surface area contributed by atoms with Crippen molar-refractivity contribution in [1.29, 1.82) is 0 Å². The number of amides is 1. The van der Waals surface area contributed by atoms with Gasteiger partial charge >= 0.3 is 0 Å². The number of thiazole rings is 1. The van der Waals surface area contributed by atoms with Gasteiger partial charge in [-0.25, -0.2) is 18.4 Å². The van der Waals surface area contributed by atoms with Gasteiger partial charge in [-0.2, -0.15) is 0 Å². The fraction of sp³-hybridized carbons (Fsp3) is 0.429. The minimum Gasteiger partial charge on any atom is -0.389 e. The molecule has 0 unspecified atom stereocenters. The van der Waals surface area contributed by atoms with Crippen molar-refractivity contribution >= 4 is 43.7 Å². The largest absolute Gasteiger partial charge is 0.389 e. The molecule has 1 aromatic carbocycles. The quantitative estimate of drug-likeness (QED) is 0.278. The predicted molar refractivity (Wildman–Crippen MR) is 156 cm³/mol. The lowest BCUT2D eigenvalue weighted by Crippen LogP contribution is -2.46. The third-order valence-corrected chi connectivity index (χ3v) is 10.5. The number of hydrogen-bond donors (Lipinski definition) is 1. The molecular weight excluding hydrogens is 564 g/mol. The summed E-state index contributed by atoms with van der Waals surface area (Å²) in [6.45, 7) is 5.33. The maximum absolute atomic E-state index is 13.4. The topological polar surface area (TPSA) is 126 Å². The summed E-state index contributed by atoms with van der Waals surface area (Å²) in [7, 11) is -3.34. The second-order valence-corrected chi connectivity index (χ2v) is 13.7.